The summed E-state index contributed by atoms with van der Waals surface area (Å²) >= 11 is 0. The Morgan fingerprint density at radius 2 is 0.548 bits per heavy atom. The lowest BCUT2D eigenvalue weighted by molar-refractivity contribution is 0.669. The van der Waals surface area contributed by atoms with Crippen LogP contribution < -0.4 is 0 Å². The predicted octanol–water partition coefficient (Wildman–Crippen LogP) is 20.4. The van der Waals surface area contributed by atoms with E-state index >= 15 is 0 Å². The number of fused-ring (bicyclic) bond motifs is 34. The van der Waals surface area contributed by atoms with Crippen LogP contribution in [0.4, 0.5) is 0 Å². The highest BCUT2D eigenvalue weighted by molar-refractivity contribution is 6.33. The Morgan fingerprint density at radius 1 is 0.226 bits per heavy atom. The highest BCUT2D eigenvalue weighted by atomic mass is 16.3. The molecule has 0 fully saturated rings. The maximum atomic E-state index is 6.84. The van der Waals surface area contributed by atoms with Gasteiger partial charge in [-0.3, -0.25) is 0 Å². The summed E-state index contributed by atoms with van der Waals surface area (Å²) in [5.74, 6) is 0. The summed E-state index contributed by atoms with van der Waals surface area (Å²) in [7, 11) is 0. The van der Waals surface area contributed by atoms with Crippen molar-refractivity contribution in [2.75, 3.05) is 0 Å². The van der Waals surface area contributed by atoms with Crippen LogP contribution in [-0.4, -0.2) is 9.13 Å². The van der Waals surface area contributed by atoms with Gasteiger partial charge in [0.15, 0.2) is 0 Å². The standard InChI is InChI=1S/C80H44N2O2/c1-9-27-55-45(19-1)46-20-2-10-28-56(46)79(55)59-31-13-5-23-49(59)73-61(79)33-17-35-63(73)81-65-39-41-71-77(51-25-7-15-37-69(51)83-71)75(65)53-44-68-54(43-67(53)81)76-66(40-42-72-78(76)52-26-8-16-38-70(52)84-72)82(68)64-36-18-34-62-74(64)50-24-6-14-32-60(50)80(62)57-29-11-3-21-47(57)48-22-4-12-30-58(48)80/h1-44H. The summed E-state index contributed by atoms with van der Waals surface area (Å²) in [6.07, 6.45) is 0. The fraction of sp³-hybridized carbons (Fsp3) is 0.0250. The maximum absolute atomic E-state index is 6.84. The molecular weight excluding hydrogens is 1020 g/mol. The van der Waals surface area contributed by atoms with E-state index in [1.54, 1.807) is 0 Å². The minimum atomic E-state index is -0.508. The first kappa shape index (κ1) is 43.8. The number of benzene rings is 13. The topological polar surface area (TPSA) is 36.1 Å². The minimum Gasteiger partial charge on any atom is -0.456 e. The molecule has 4 aliphatic rings. The van der Waals surface area contributed by atoms with Crippen LogP contribution in [0.2, 0.25) is 0 Å². The highest BCUT2D eigenvalue weighted by Gasteiger charge is 2.54. The molecule has 4 heterocycles. The Balaban J connectivity index is 0.941. The summed E-state index contributed by atoms with van der Waals surface area (Å²) in [4.78, 5) is 0. The first-order chi connectivity index (χ1) is 41.7. The maximum Gasteiger partial charge on any atom is 0.136 e. The molecule has 2 spiro atoms. The summed E-state index contributed by atoms with van der Waals surface area (Å²) in [6.45, 7) is 0. The molecule has 4 aromatic heterocycles. The molecule has 0 unspecified atom stereocenters. The van der Waals surface area contributed by atoms with Crippen LogP contribution in [0.25, 0.3) is 143 Å². The van der Waals surface area contributed by atoms with Gasteiger partial charge in [0.05, 0.1) is 44.3 Å². The van der Waals surface area contributed by atoms with Gasteiger partial charge in [-0.15, -0.1) is 0 Å². The fourth-order valence-electron chi connectivity index (χ4n) is 17.3. The molecule has 0 aliphatic heterocycles. The Hall–Kier alpha value is -10.9. The highest BCUT2D eigenvalue weighted by Crippen LogP contribution is 2.66. The van der Waals surface area contributed by atoms with Crippen molar-refractivity contribution in [1.29, 1.82) is 0 Å². The van der Waals surface area contributed by atoms with Gasteiger partial charge in [0, 0.05) is 54.2 Å². The quantitative estimate of drug-likeness (QED) is 0.173. The van der Waals surface area contributed by atoms with E-state index in [2.05, 4.69) is 276 Å². The monoisotopic (exact) mass is 1060 g/mol. The van der Waals surface area contributed by atoms with Crippen molar-refractivity contribution >= 4 is 87.5 Å². The number of para-hydroxylation sites is 2. The number of furan rings is 2. The van der Waals surface area contributed by atoms with E-state index < -0.39 is 10.8 Å². The van der Waals surface area contributed by atoms with Crippen LogP contribution in [0.3, 0.4) is 0 Å². The largest absolute Gasteiger partial charge is 0.456 e. The third-order valence-electron chi connectivity index (χ3n) is 20.1. The number of hydrogen-bond donors (Lipinski definition) is 0. The Bertz CT molecular complexity index is 5440. The molecule has 21 rings (SSSR count). The molecule has 4 aliphatic carbocycles. The summed E-state index contributed by atoms with van der Waals surface area (Å²) < 4.78 is 18.9. The van der Waals surface area contributed by atoms with E-state index in [1.165, 1.54) is 99.8 Å². The molecular formula is C80H44N2O2. The molecule has 0 radical (unpaired) electrons. The average Bonchev–Trinajstić information content (AvgIpc) is 1.57. The molecule has 0 bridgehead atoms. The predicted molar refractivity (Wildman–Crippen MR) is 342 cm³/mol. The van der Waals surface area contributed by atoms with Crippen LogP contribution in [0.5, 0.6) is 0 Å². The van der Waals surface area contributed by atoms with Crippen molar-refractivity contribution in [3.05, 3.63) is 311 Å². The van der Waals surface area contributed by atoms with E-state index in [9.17, 15) is 0 Å². The number of nitrogens with zero attached hydrogens (tertiary/aromatic N) is 2. The van der Waals surface area contributed by atoms with E-state index in [4.69, 9.17) is 8.83 Å². The number of rotatable bonds is 2. The van der Waals surface area contributed by atoms with E-state index in [0.717, 1.165) is 88.1 Å². The van der Waals surface area contributed by atoms with Crippen LogP contribution in [0.15, 0.2) is 276 Å². The second kappa shape index (κ2) is 15.1. The van der Waals surface area contributed by atoms with Gasteiger partial charge in [-0.1, -0.05) is 206 Å². The van der Waals surface area contributed by atoms with Crippen LogP contribution in [-0.2, 0) is 10.8 Å². The van der Waals surface area contributed by atoms with Gasteiger partial charge in [-0.05, 0) is 139 Å². The Labute approximate surface area is 480 Å². The zero-order chi connectivity index (χ0) is 54.3. The van der Waals surface area contributed by atoms with Crippen molar-refractivity contribution in [1.82, 2.24) is 9.13 Å². The van der Waals surface area contributed by atoms with Crippen molar-refractivity contribution in [2.24, 2.45) is 0 Å². The minimum absolute atomic E-state index is 0.508. The molecule has 4 heteroatoms. The van der Waals surface area contributed by atoms with Crippen LogP contribution >= 0.6 is 0 Å². The lowest BCUT2D eigenvalue weighted by Crippen LogP contribution is -2.25. The van der Waals surface area contributed by atoms with Crippen molar-refractivity contribution < 1.29 is 8.83 Å². The molecule has 0 saturated carbocycles. The van der Waals surface area contributed by atoms with Gasteiger partial charge >= 0.3 is 0 Å². The van der Waals surface area contributed by atoms with E-state index in [-0.39, 0.29) is 0 Å². The number of aromatic nitrogens is 2. The van der Waals surface area contributed by atoms with Crippen molar-refractivity contribution in [2.45, 2.75) is 10.8 Å². The zero-order valence-corrected chi connectivity index (χ0v) is 45.1. The molecule has 17 aromatic rings. The molecule has 13 aromatic carbocycles. The molecule has 84 heavy (non-hydrogen) atoms. The fourth-order valence-corrected chi connectivity index (χ4v) is 17.3. The SMILES string of the molecule is c1ccc2c(c1)-c1ccccc1C21c2ccccc2-c2c(-n3c4cc5c6c7c(ccc6n(-c6cccc8c6-c6ccccc6C86c8ccccc8-c8ccccc86)c5cc4c4c5c(ccc43)oc3ccccc35)oc3ccccc37)cccc21. The normalized spacial score (nSPS) is 14.4. The van der Waals surface area contributed by atoms with Gasteiger partial charge < -0.3 is 18.0 Å². The summed E-state index contributed by atoms with van der Waals surface area (Å²) in [5, 5.41) is 9.10. The van der Waals surface area contributed by atoms with Crippen molar-refractivity contribution in [3.8, 4) is 55.9 Å². The zero-order valence-electron chi connectivity index (χ0n) is 45.1. The third kappa shape index (κ3) is 4.89. The van der Waals surface area contributed by atoms with Gasteiger partial charge in [0.2, 0.25) is 0 Å². The average molecular weight is 1070 g/mol. The Kier molecular flexibility index (Phi) is 7.89. The molecule has 4 nitrogen and oxygen atoms in total. The first-order valence-corrected chi connectivity index (χ1v) is 29.2. The van der Waals surface area contributed by atoms with Gasteiger partial charge in [0.25, 0.3) is 0 Å². The molecule has 0 saturated heterocycles. The van der Waals surface area contributed by atoms with Crippen LogP contribution in [0, 0.1) is 0 Å². The lowest BCUT2D eigenvalue weighted by Gasteiger charge is -2.30. The molecule has 0 N–H and O–H groups in total. The lowest BCUT2D eigenvalue weighted by atomic mass is 9.70. The van der Waals surface area contributed by atoms with Gasteiger partial charge in [0.1, 0.15) is 22.3 Å². The second-order valence-corrected chi connectivity index (χ2v) is 23.6. The molecule has 0 amide bonds. The third-order valence-corrected chi connectivity index (χ3v) is 20.1. The second-order valence-electron chi connectivity index (χ2n) is 23.6. The van der Waals surface area contributed by atoms with Crippen molar-refractivity contribution in [3.63, 3.8) is 0 Å². The van der Waals surface area contributed by atoms with Crippen LogP contribution in [0.1, 0.15) is 44.5 Å². The van der Waals surface area contributed by atoms with Gasteiger partial charge in [-0.2, -0.15) is 0 Å². The number of hydrogen-bond acceptors (Lipinski definition) is 2. The molecule has 0 atom stereocenters. The van der Waals surface area contributed by atoms with Gasteiger partial charge in [-0.25, -0.2) is 0 Å². The first-order valence-electron chi connectivity index (χ1n) is 29.2. The summed E-state index contributed by atoms with van der Waals surface area (Å²) in [5.41, 5.74) is 30.0. The van der Waals surface area contributed by atoms with E-state index in [0.29, 0.717) is 0 Å². The molecule has 386 valence electrons. The van der Waals surface area contributed by atoms with E-state index in [1.807, 2.05) is 0 Å². The Morgan fingerprint density at radius 3 is 0.940 bits per heavy atom. The summed E-state index contributed by atoms with van der Waals surface area (Å²) in [6, 6.07) is 100. The smallest absolute Gasteiger partial charge is 0.136 e.